The molecule has 6 N–H and O–H groups in total. The number of nitrogens with two attached hydrogens (primary N) is 1. The maximum Gasteiger partial charge on any atom is 0.261 e. The molecule has 2 amide bonds. The maximum atomic E-state index is 12.4. The fourth-order valence-corrected chi connectivity index (χ4v) is 3.20. The minimum Gasteiger partial charge on any atom is -0.369 e. The van der Waals surface area contributed by atoms with Gasteiger partial charge in [-0.2, -0.15) is 4.98 Å². The van der Waals surface area contributed by atoms with Gasteiger partial charge in [0.2, 0.25) is 5.95 Å². The molecule has 0 spiro atoms. The second kappa shape index (κ2) is 9.13. The number of pyridine rings is 1. The number of benzene rings is 1. The van der Waals surface area contributed by atoms with Crippen LogP contribution in [0.5, 0.6) is 0 Å². The first-order valence-electron chi connectivity index (χ1n) is 9.92. The topological polar surface area (TPSA) is 159 Å². The first-order valence-corrected chi connectivity index (χ1v) is 9.92. The van der Waals surface area contributed by atoms with Gasteiger partial charge in [0.05, 0.1) is 5.39 Å². The van der Waals surface area contributed by atoms with Gasteiger partial charge in [-0.1, -0.05) is 0 Å². The normalized spacial score (nSPS) is 10.8. The van der Waals surface area contributed by atoms with Crippen LogP contribution in [0, 0.1) is 0 Å². The number of carbonyl (C=O) groups is 2. The molecule has 10 heteroatoms. The molecule has 1 aromatic carbocycles. The molecule has 10 nitrogen and oxygen atoms in total. The van der Waals surface area contributed by atoms with E-state index in [1.54, 1.807) is 42.7 Å². The van der Waals surface area contributed by atoms with Gasteiger partial charge in [0.25, 0.3) is 17.4 Å². The summed E-state index contributed by atoms with van der Waals surface area (Å²) in [6.45, 7) is 0.749. The molecule has 32 heavy (non-hydrogen) atoms. The number of rotatable bonds is 7. The van der Waals surface area contributed by atoms with E-state index in [1.165, 1.54) is 0 Å². The summed E-state index contributed by atoms with van der Waals surface area (Å²) in [5, 5.41) is 6.06. The van der Waals surface area contributed by atoms with Crippen LogP contribution in [0.2, 0.25) is 0 Å². The van der Waals surface area contributed by atoms with Crippen molar-refractivity contribution in [3.63, 3.8) is 0 Å². The maximum absolute atomic E-state index is 12.4. The van der Waals surface area contributed by atoms with E-state index in [4.69, 9.17) is 5.73 Å². The van der Waals surface area contributed by atoms with E-state index in [2.05, 4.69) is 30.6 Å². The second-order valence-electron chi connectivity index (χ2n) is 7.13. The fraction of sp³-hybridized carbons (Fsp3) is 0.136. The number of hydrogen-bond donors (Lipinski definition) is 5. The number of amides is 2. The number of carbonyl (C=O) groups excluding carboxylic acids is 2. The van der Waals surface area contributed by atoms with Gasteiger partial charge in [-0.3, -0.25) is 24.4 Å². The number of nitrogens with zero attached hydrogens (tertiary/aromatic N) is 2. The predicted molar refractivity (Wildman–Crippen MR) is 119 cm³/mol. The molecule has 4 rings (SSSR count). The lowest BCUT2D eigenvalue weighted by Gasteiger charge is -2.07. The molecule has 0 aliphatic carbocycles. The number of aromatic amines is 2. The largest absolute Gasteiger partial charge is 0.369 e. The Kier molecular flexibility index (Phi) is 5.93. The van der Waals surface area contributed by atoms with Gasteiger partial charge in [0.15, 0.2) is 0 Å². The number of fused-ring (bicyclic) bond motifs is 1. The Hall–Kier alpha value is -4.47. The highest BCUT2D eigenvalue weighted by atomic mass is 16.2. The molecule has 162 valence electrons. The Labute approximate surface area is 182 Å². The highest BCUT2D eigenvalue weighted by molar-refractivity contribution is 5.97. The van der Waals surface area contributed by atoms with Gasteiger partial charge in [0.1, 0.15) is 5.65 Å². The minimum absolute atomic E-state index is 0.0405. The van der Waals surface area contributed by atoms with Crippen LogP contribution in [-0.4, -0.2) is 38.3 Å². The highest BCUT2D eigenvalue weighted by Gasteiger charge is 2.10. The number of aromatic nitrogens is 4. The average Bonchev–Trinajstić information content (AvgIpc) is 3.21. The Morgan fingerprint density at radius 2 is 1.59 bits per heavy atom. The molecular formula is C22H21N7O3. The molecule has 3 aromatic heterocycles. The van der Waals surface area contributed by atoms with Crippen LogP contribution >= 0.6 is 0 Å². The van der Waals surface area contributed by atoms with Crippen molar-refractivity contribution in [3.8, 4) is 0 Å². The standard InChI is InChI=1S/C22H21N7O3/c23-22-28-18-17(21(32)29-22)11-16(27-18)7-10-25-19(30)14-1-3-15(4-2-14)20(31)26-12-13-5-8-24-9-6-13/h1-6,8-9,11H,7,10,12H2,(H,25,30)(H,26,31)(H4,23,27,28,29,32). The van der Waals surface area contributed by atoms with Crippen LogP contribution in [0.4, 0.5) is 5.95 Å². The Morgan fingerprint density at radius 3 is 2.28 bits per heavy atom. The average molecular weight is 431 g/mol. The summed E-state index contributed by atoms with van der Waals surface area (Å²) in [4.78, 5) is 50.0. The number of H-pyrrole nitrogens is 2. The lowest BCUT2D eigenvalue weighted by Crippen LogP contribution is -2.26. The fourth-order valence-electron chi connectivity index (χ4n) is 3.20. The molecule has 0 radical (unpaired) electrons. The summed E-state index contributed by atoms with van der Waals surface area (Å²) in [5.74, 6) is -0.444. The van der Waals surface area contributed by atoms with E-state index in [1.807, 2.05) is 12.1 Å². The molecule has 0 aliphatic rings. The van der Waals surface area contributed by atoms with Crippen LogP contribution < -0.4 is 21.9 Å². The lowest BCUT2D eigenvalue weighted by atomic mass is 10.1. The molecular weight excluding hydrogens is 410 g/mol. The zero-order chi connectivity index (χ0) is 22.5. The van der Waals surface area contributed by atoms with Crippen LogP contribution in [-0.2, 0) is 13.0 Å². The SMILES string of the molecule is Nc1nc2[nH]c(CCNC(=O)c3ccc(C(=O)NCc4ccncc4)cc3)cc2c(=O)[nH]1. The van der Waals surface area contributed by atoms with Crippen molar-refractivity contribution in [3.05, 3.63) is 87.6 Å². The van der Waals surface area contributed by atoms with Crippen molar-refractivity contribution in [2.45, 2.75) is 13.0 Å². The summed E-state index contributed by atoms with van der Waals surface area (Å²) in [7, 11) is 0. The summed E-state index contributed by atoms with van der Waals surface area (Å²) in [6.07, 6.45) is 3.82. The Morgan fingerprint density at radius 1 is 0.938 bits per heavy atom. The molecule has 0 atom stereocenters. The van der Waals surface area contributed by atoms with Gasteiger partial charge >= 0.3 is 0 Å². The van der Waals surface area contributed by atoms with Gasteiger partial charge < -0.3 is 21.4 Å². The van der Waals surface area contributed by atoms with Gasteiger partial charge in [-0.15, -0.1) is 0 Å². The van der Waals surface area contributed by atoms with E-state index in [0.717, 1.165) is 11.3 Å². The van der Waals surface area contributed by atoms with Crippen LogP contribution in [0.15, 0.2) is 59.7 Å². The Balaban J connectivity index is 1.29. The third kappa shape index (κ3) is 4.81. The number of nitrogen functional groups attached to an aromatic ring is 1. The van der Waals surface area contributed by atoms with Crippen molar-refractivity contribution in [1.29, 1.82) is 0 Å². The van der Waals surface area contributed by atoms with Gasteiger partial charge in [-0.05, 0) is 48.0 Å². The third-order valence-electron chi connectivity index (χ3n) is 4.86. The highest BCUT2D eigenvalue weighted by Crippen LogP contribution is 2.10. The van der Waals surface area contributed by atoms with Crippen LogP contribution in [0.3, 0.4) is 0 Å². The number of hydrogen-bond acceptors (Lipinski definition) is 6. The zero-order valence-electron chi connectivity index (χ0n) is 17.0. The molecule has 0 saturated carbocycles. The quantitative estimate of drug-likeness (QED) is 0.295. The lowest BCUT2D eigenvalue weighted by molar-refractivity contribution is 0.0940. The first kappa shape index (κ1) is 20.8. The van der Waals surface area contributed by atoms with E-state index in [0.29, 0.717) is 41.7 Å². The molecule has 3 heterocycles. The summed E-state index contributed by atoms with van der Waals surface area (Å²) in [5.41, 5.74) is 8.24. The molecule has 0 bridgehead atoms. The smallest absolute Gasteiger partial charge is 0.261 e. The summed E-state index contributed by atoms with van der Waals surface area (Å²) < 4.78 is 0. The van der Waals surface area contributed by atoms with E-state index in [-0.39, 0.29) is 23.3 Å². The zero-order valence-corrected chi connectivity index (χ0v) is 17.0. The Bertz CT molecular complexity index is 1310. The number of nitrogens with one attached hydrogen (secondary N) is 4. The first-order chi connectivity index (χ1) is 15.5. The third-order valence-corrected chi connectivity index (χ3v) is 4.86. The van der Waals surface area contributed by atoms with Crippen molar-refractivity contribution < 1.29 is 9.59 Å². The summed E-state index contributed by atoms with van der Waals surface area (Å²) >= 11 is 0. The van der Waals surface area contributed by atoms with E-state index in [9.17, 15) is 14.4 Å². The predicted octanol–water partition coefficient (Wildman–Crippen LogP) is 1.13. The van der Waals surface area contributed by atoms with Gasteiger partial charge in [0, 0.05) is 48.7 Å². The van der Waals surface area contributed by atoms with E-state index >= 15 is 0 Å². The van der Waals surface area contributed by atoms with E-state index < -0.39 is 0 Å². The molecule has 4 aromatic rings. The van der Waals surface area contributed by atoms with Crippen molar-refractivity contribution >= 4 is 28.8 Å². The second-order valence-corrected chi connectivity index (χ2v) is 7.13. The van der Waals surface area contributed by atoms with Crippen LogP contribution in [0.25, 0.3) is 11.0 Å². The molecule has 0 unspecified atom stereocenters. The minimum atomic E-state index is -0.316. The van der Waals surface area contributed by atoms with Crippen molar-refractivity contribution in [1.82, 2.24) is 30.6 Å². The molecule has 0 aliphatic heterocycles. The monoisotopic (exact) mass is 431 g/mol. The van der Waals surface area contributed by atoms with Crippen LogP contribution in [0.1, 0.15) is 32.0 Å². The number of anilines is 1. The van der Waals surface area contributed by atoms with Crippen molar-refractivity contribution in [2.75, 3.05) is 12.3 Å². The van der Waals surface area contributed by atoms with Crippen molar-refractivity contribution in [2.24, 2.45) is 0 Å². The molecule has 0 saturated heterocycles. The molecule has 0 fully saturated rings. The van der Waals surface area contributed by atoms with Gasteiger partial charge in [-0.25, -0.2) is 0 Å². The summed E-state index contributed by atoms with van der Waals surface area (Å²) in [6, 6.07) is 11.8.